The minimum absolute atomic E-state index is 0.144. The van der Waals surface area contributed by atoms with Crippen LogP contribution in [0.1, 0.15) is 24.8 Å². The van der Waals surface area contributed by atoms with E-state index in [4.69, 9.17) is 23.2 Å². The fraction of sp³-hybridized carbons (Fsp3) is 0.538. The Hall–Kier alpha value is -0.240. The van der Waals surface area contributed by atoms with Gasteiger partial charge in [-0.3, -0.25) is 0 Å². The zero-order chi connectivity index (χ0) is 11.5. The molecule has 0 radical (unpaired) electrons. The van der Waals surface area contributed by atoms with Gasteiger partial charge in [-0.05, 0) is 49.3 Å². The Morgan fingerprint density at radius 1 is 1.31 bits per heavy atom. The van der Waals surface area contributed by atoms with Crippen LogP contribution in [-0.4, -0.2) is 16.6 Å². The lowest BCUT2D eigenvalue weighted by atomic mass is 9.82. The van der Waals surface area contributed by atoms with Crippen LogP contribution in [-0.2, 0) is 6.42 Å². The van der Waals surface area contributed by atoms with Crippen molar-refractivity contribution in [1.29, 1.82) is 0 Å². The van der Waals surface area contributed by atoms with Gasteiger partial charge in [-0.15, -0.1) is 11.6 Å². The van der Waals surface area contributed by atoms with Gasteiger partial charge in [0.15, 0.2) is 0 Å². The summed E-state index contributed by atoms with van der Waals surface area (Å²) in [7, 11) is 0. The fourth-order valence-electron chi connectivity index (χ4n) is 2.36. The van der Waals surface area contributed by atoms with Crippen molar-refractivity contribution in [2.75, 3.05) is 0 Å². The van der Waals surface area contributed by atoms with E-state index >= 15 is 0 Å². The van der Waals surface area contributed by atoms with Crippen molar-refractivity contribution in [1.82, 2.24) is 0 Å². The van der Waals surface area contributed by atoms with Crippen LogP contribution in [0.3, 0.4) is 0 Å². The monoisotopic (exact) mass is 258 g/mol. The van der Waals surface area contributed by atoms with Crippen LogP contribution in [0.25, 0.3) is 0 Å². The molecule has 88 valence electrons. The molecule has 1 fully saturated rings. The third kappa shape index (κ3) is 3.13. The van der Waals surface area contributed by atoms with E-state index in [2.05, 4.69) is 6.07 Å². The van der Waals surface area contributed by atoms with E-state index in [9.17, 15) is 5.11 Å². The molecule has 1 N–H and O–H groups in total. The maximum absolute atomic E-state index is 9.95. The molecule has 0 aliphatic heterocycles. The molecule has 0 spiro atoms. The molecule has 1 aliphatic carbocycles. The lowest BCUT2D eigenvalue weighted by Crippen LogP contribution is -2.31. The lowest BCUT2D eigenvalue weighted by molar-refractivity contribution is 0.0718. The summed E-state index contributed by atoms with van der Waals surface area (Å²) in [6.07, 6.45) is 3.35. The van der Waals surface area contributed by atoms with Crippen molar-refractivity contribution < 1.29 is 5.11 Å². The number of hydrogen-bond acceptors (Lipinski definition) is 1. The van der Waals surface area contributed by atoms with Gasteiger partial charge in [-0.2, -0.15) is 0 Å². The summed E-state index contributed by atoms with van der Waals surface area (Å²) in [4.78, 5) is 0. The summed E-state index contributed by atoms with van der Waals surface area (Å²) in [5.74, 6) is 0.327. The smallest absolute Gasteiger partial charge is 0.0585 e. The summed E-state index contributed by atoms with van der Waals surface area (Å²) in [6.45, 7) is 0. The molecule has 1 aromatic carbocycles. The zero-order valence-corrected chi connectivity index (χ0v) is 10.6. The van der Waals surface area contributed by atoms with E-state index in [1.165, 1.54) is 5.56 Å². The molecule has 0 aromatic heterocycles. The number of benzene rings is 1. The van der Waals surface area contributed by atoms with Crippen molar-refractivity contribution in [2.24, 2.45) is 5.92 Å². The molecule has 1 nitrogen and oxygen atoms in total. The van der Waals surface area contributed by atoms with Crippen molar-refractivity contribution in [3.8, 4) is 0 Å². The predicted octanol–water partition coefficient (Wildman–Crippen LogP) is 3.65. The summed E-state index contributed by atoms with van der Waals surface area (Å²) >= 11 is 12.0. The first-order valence-electron chi connectivity index (χ1n) is 5.71. The maximum Gasteiger partial charge on any atom is 0.0585 e. The largest absolute Gasteiger partial charge is 0.393 e. The van der Waals surface area contributed by atoms with Gasteiger partial charge in [0.2, 0.25) is 0 Å². The molecule has 0 amide bonds. The number of rotatable bonds is 2. The lowest BCUT2D eigenvalue weighted by Gasteiger charge is -2.30. The number of halogens is 2. The third-order valence-electron chi connectivity index (χ3n) is 3.28. The topological polar surface area (TPSA) is 20.2 Å². The molecule has 1 aromatic rings. The second-order valence-corrected chi connectivity index (χ2v) is 5.63. The first-order valence-corrected chi connectivity index (χ1v) is 6.53. The van der Waals surface area contributed by atoms with Gasteiger partial charge in [0.05, 0.1) is 6.10 Å². The first kappa shape index (κ1) is 12.2. The van der Waals surface area contributed by atoms with Crippen LogP contribution in [0.5, 0.6) is 0 Å². The van der Waals surface area contributed by atoms with Crippen LogP contribution in [0.2, 0.25) is 5.02 Å². The highest BCUT2D eigenvalue weighted by atomic mass is 35.5. The second-order valence-electron chi connectivity index (χ2n) is 4.57. The Labute approximate surface area is 106 Å². The predicted molar refractivity (Wildman–Crippen MR) is 68.1 cm³/mol. The van der Waals surface area contributed by atoms with Gasteiger partial charge in [-0.1, -0.05) is 23.7 Å². The second kappa shape index (κ2) is 5.39. The minimum Gasteiger partial charge on any atom is -0.393 e. The van der Waals surface area contributed by atoms with Crippen molar-refractivity contribution in [3.05, 3.63) is 34.9 Å². The number of hydrogen-bond donors (Lipinski definition) is 1. The van der Waals surface area contributed by atoms with Crippen molar-refractivity contribution in [3.63, 3.8) is 0 Å². The molecule has 0 heterocycles. The van der Waals surface area contributed by atoms with Crippen LogP contribution in [0, 0.1) is 5.92 Å². The zero-order valence-electron chi connectivity index (χ0n) is 9.07. The summed E-state index contributed by atoms with van der Waals surface area (Å²) < 4.78 is 0. The summed E-state index contributed by atoms with van der Waals surface area (Å²) in [5, 5.41) is 10.9. The number of aliphatic hydroxyl groups excluding tert-OH is 1. The first-order chi connectivity index (χ1) is 7.65. The Morgan fingerprint density at radius 3 is 2.81 bits per heavy atom. The molecule has 16 heavy (non-hydrogen) atoms. The van der Waals surface area contributed by atoms with Gasteiger partial charge in [0.25, 0.3) is 0 Å². The molecule has 2 rings (SSSR count). The van der Waals surface area contributed by atoms with E-state index < -0.39 is 0 Å². The highest BCUT2D eigenvalue weighted by Crippen LogP contribution is 2.30. The Balaban J connectivity index is 1.99. The molecular formula is C13H16Cl2O. The molecule has 3 unspecified atom stereocenters. The van der Waals surface area contributed by atoms with E-state index in [0.717, 1.165) is 24.3 Å². The van der Waals surface area contributed by atoms with E-state index in [0.29, 0.717) is 12.3 Å². The molecule has 0 saturated heterocycles. The van der Waals surface area contributed by atoms with Crippen molar-refractivity contribution in [2.45, 2.75) is 37.2 Å². The van der Waals surface area contributed by atoms with Gasteiger partial charge >= 0.3 is 0 Å². The van der Waals surface area contributed by atoms with Crippen LogP contribution in [0.4, 0.5) is 0 Å². The average molecular weight is 259 g/mol. The van der Waals surface area contributed by atoms with Gasteiger partial charge in [0.1, 0.15) is 0 Å². The highest BCUT2D eigenvalue weighted by molar-refractivity contribution is 6.30. The molecule has 1 aliphatic rings. The summed E-state index contributed by atoms with van der Waals surface area (Å²) in [5.41, 5.74) is 1.20. The number of alkyl halides is 1. The SMILES string of the molecule is OC1CC(Cl)CCC1Cc1cccc(Cl)c1. The van der Waals surface area contributed by atoms with Crippen LogP contribution >= 0.6 is 23.2 Å². The Kier molecular flexibility index (Phi) is 4.12. The fourth-order valence-corrected chi connectivity index (χ4v) is 2.89. The summed E-state index contributed by atoms with van der Waals surface area (Å²) in [6, 6.07) is 7.86. The van der Waals surface area contributed by atoms with E-state index in [1.807, 2.05) is 18.2 Å². The van der Waals surface area contributed by atoms with E-state index in [-0.39, 0.29) is 11.5 Å². The van der Waals surface area contributed by atoms with Crippen molar-refractivity contribution >= 4 is 23.2 Å². The average Bonchev–Trinajstić information content (AvgIpc) is 2.22. The molecule has 3 heteroatoms. The highest BCUT2D eigenvalue weighted by Gasteiger charge is 2.27. The van der Waals surface area contributed by atoms with Gasteiger partial charge in [0, 0.05) is 10.4 Å². The molecular weight excluding hydrogens is 243 g/mol. The minimum atomic E-state index is -0.268. The normalized spacial score (nSPS) is 30.3. The van der Waals surface area contributed by atoms with Gasteiger partial charge in [-0.25, -0.2) is 0 Å². The van der Waals surface area contributed by atoms with Gasteiger partial charge < -0.3 is 5.11 Å². The van der Waals surface area contributed by atoms with E-state index in [1.54, 1.807) is 0 Å². The molecule has 0 bridgehead atoms. The Bertz CT molecular complexity index is 354. The number of aliphatic hydroxyl groups is 1. The van der Waals surface area contributed by atoms with Crippen LogP contribution in [0.15, 0.2) is 24.3 Å². The third-order valence-corrected chi connectivity index (χ3v) is 3.91. The standard InChI is InChI=1S/C13H16Cl2O/c14-11-3-1-2-9(7-11)6-10-4-5-12(15)8-13(10)16/h1-3,7,10,12-13,16H,4-6,8H2. The molecule has 3 atom stereocenters. The molecule has 1 saturated carbocycles. The maximum atomic E-state index is 9.95. The Morgan fingerprint density at radius 2 is 2.12 bits per heavy atom. The quantitative estimate of drug-likeness (QED) is 0.804. The van der Waals surface area contributed by atoms with Crippen LogP contribution < -0.4 is 0 Å².